The van der Waals surface area contributed by atoms with E-state index in [9.17, 15) is 4.39 Å². The molecule has 0 spiro atoms. The summed E-state index contributed by atoms with van der Waals surface area (Å²) in [4.78, 5) is 0. The third-order valence-corrected chi connectivity index (χ3v) is 2.44. The highest BCUT2D eigenvalue weighted by Gasteiger charge is 2.12. The van der Waals surface area contributed by atoms with Crippen molar-refractivity contribution in [3.8, 4) is 12.3 Å². The summed E-state index contributed by atoms with van der Waals surface area (Å²) in [6.07, 6.45) is 7.70. The van der Waals surface area contributed by atoms with Crippen LogP contribution in [0, 0.1) is 18.2 Å². The monoisotopic (exact) mass is 205 g/mol. The second-order valence-corrected chi connectivity index (χ2v) is 3.46. The van der Waals surface area contributed by atoms with E-state index in [1.807, 2.05) is 19.2 Å². The topological polar surface area (TPSA) is 12.0 Å². The Hall–Kier alpha value is -1.33. The Morgan fingerprint density at radius 1 is 1.47 bits per heavy atom. The maximum Gasteiger partial charge on any atom is 0.127 e. The van der Waals surface area contributed by atoms with Gasteiger partial charge in [0.2, 0.25) is 0 Å². The first-order valence-electron chi connectivity index (χ1n) is 5.14. The number of rotatable bonds is 5. The first-order valence-corrected chi connectivity index (χ1v) is 5.14. The molecule has 2 heteroatoms. The predicted molar refractivity (Wildman–Crippen MR) is 60.9 cm³/mol. The third-order valence-electron chi connectivity index (χ3n) is 2.44. The first kappa shape index (κ1) is 11.7. The minimum absolute atomic E-state index is 0.0551. The largest absolute Gasteiger partial charge is 0.313 e. The first-order chi connectivity index (χ1) is 7.29. The number of unbranched alkanes of at least 4 members (excludes halogenated alkanes) is 1. The Labute approximate surface area is 90.7 Å². The van der Waals surface area contributed by atoms with E-state index in [-0.39, 0.29) is 11.9 Å². The summed E-state index contributed by atoms with van der Waals surface area (Å²) >= 11 is 0. The molecule has 80 valence electrons. The Bertz CT molecular complexity index is 341. The minimum Gasteiger partial charge on any atom is -0.313 e. The number of hydrogen-bond acceptors (Lipinski definition) is 1. The Morgan fingerprint density at radius 3 is 2.80 bits per heavy atom. The number of hydrogen-bond donors (Lipinski definition) is 1. The molecule has 0 heterocycles. The summed E-state index contributed by atoms with van der Waals surface area (Å²) in [7, 11) is 1.84. The van der Waals surface area contributed by atoms with Gasteiger partial charge in [-0.25, -0.2) is 4.39 Å². The van der Waals surface area contributed by atoms with Crippen molar-refractivity contribution in [1.82, 2.24) is 5.32 Å². The van der Waals surface area contributed by atoms with Gasteiger partial charge in [-0.3, -0.25) is 0 Å². The fourth-order valence-electron chi connectivity index (χ4n) is 1.62. The highest BCUT2D eigenvalue weighted by molar-refractivity contribution is 5.21. The summed E-state index contributed by atoms with van der Waals surface area (Å²) < 4.78 is 13.5. The van der Waals surface area contributed by atoms with Crippen LogP contribution >= 0.6 is 0 Å². The van der Waals surface area contributed by atoms with Crippen LogP contribution < -0.4 is 5.32 Å². The molecular formula is C13H16FN. The number of nitrogens with one attached hydrogen (secondary N) is 1. The maximum atomic E-state index is 13.5. The van der Waals surface area contributed by atoms with Crippen LogP contribution in [-0.2, 0) is 0 Å². The zero-order chi connectivity index (χ0) is 11.1. The van der Waals surface area contributed by atoms with Gasteiger partial charge in [-0.05, 0) is 26.0 Å². The smallest absolute Gasteiger partial charge is 0.127 e. The molecule has 1 aromatic carbocycles. The average molecular weight is 205 g/mol. The molecular weight excluding hydrogens is 189 g/mol. The highest BCUT2D eigenvalue weighted by Crippen LogP contribution is 2.21. The van der Waals surface area contributed by atoms with E-state index in [1.54, 1.807) is 6.07 Å². The van der Waals surface area contributed by atoms with Gasteiger partial charge in [-0.1, -0.05) is 18.2 Å². The third kappa shape index (κ3) is 3.38. The number of terminal acetylenes is 1. The molecule has 0 saturated heterocycles. The van der Waals surface area contributed by atoms with Gasteiger partial charge >= 0.3 is 0 Å². The molecule has 1 N–H and O–H groups in total. The van der Waals surface area contributed by atoms with Crippen LogP contribution in [-0.4, -0.2) is 7.05 Å². The molecule has 15 heavy (non-hydrogen) atoms. The summed E-state index contributed by atoms with van der Waals surface area (Å²) in [6, 6.07) is 6.91. The number of benzene rings is 1. The Kier molecular flexibility index (Phi) is 4.86. The van der Waals surface area contributed by atoms with Crippen molar-refractivity contribution >= 4 is 0 Å². The summed E-state index contributed by atoms with van der Waals surface area (Å²) in [6.45, 7) is 0. The van der Waals surface area contributed by atoms with E-state index in [0.717, 1.165) is 24.8 Å². The normalized spacial score (nSPS) is 12.1. The second kappa shape index (κ2) is 6.21. The fraction of sp³-hybridized carbons (Fsp3) is 0.385. The highest BCUT2D eigenvalue weighted by atomic mass is 19.1. The molecule has 0 aliphatic rings. The second-order valence-electron chi connectivity index (χ2n) is 3.46. The molecule has 0 aromatic heterocycles. The van der Waals surface area contributed by atoms with Gasteiger partial charge in [0.15, 0.2) is 0 Å². The standard InChI is InChI=1S/C13H16FN/c1-3-4-5-10-13(15-2)11-8-6-7-9-12(11)14/h1,6-9,13,15H,4-5,10H2,2H3. The molecule has 0 fully saturated rings. The van der Waals surface area contributed by atoms with Crippen LogP contribution in [0.4, 0.5) is 4.39 Å². The van der Waals surface area contributed by atoms with Crippen LogP contribution in [0.5, 0.6) is 0 Å². The minimum atomic E-state index is -0.155. The van der Waals surface area contributed by atoms with Crippen LogP contribution in [0.1, 0.15) is 30.9 Å². The van der Waals surface area contributed by atoms with Crippen molar-refractivity contribution < 1.29 is 4.39 Å². The zero-order valence-electron chi connectivity index (χ0n) is 8.96. The van der Waals surface area contributed by atoms with Crippen LogP contribution in [0.15, 0.2) is 24.3 Å². The summed E-state index contributed by atoms with van der Waals surface area (Å²) in [5.41, 5.74) is 0.719. The maximum absolute atomic E-state index is 13.5. The average Bonchev–Trinajstić information content (AvgIpc) is 2.26. The van der Waals surface area contributed by atoms with Gasteiger partial charge in [0.05, 0.1) is 0 Å². The van der Waals surface area contributed by atoms with Gasteiger partial charge in [0.25, 0.3) is 0 Å². The molecule has 1 unspecified atom stereocenters. The van der Waals surface area contributed by atoms with Crippen LogP contribution in [0.25, 0.3) is 0 Å². The van der Waals surface area contributed by atoms with Crippen LogP contribution in [0.2, 0.25) is 0 Å². The molecule has 0 aliphatic heterocycles. The van der Waals surface area contributed by atoms with Gasteiger partial charge in [-0.2, -0.15) is 0 Å². The lowest BCUT2D eigenvalue weighted by Gasteiger charge is -2.16. The Balaban J connectivity index is 2.66. The fourth-order valence-corrected chi connectivity index (χ4v) is 1.62. The van der Waals surface area contributed by atoms with Crippen molar-refractivity contribution in [1.29, 1.82) is 0 Å². The summed E-state index contributed by atoms with van der Waals surface area (Å²) in [5.74, 6) is 2.44. The van der Waals surface area contributed by atoms with Gasteiger partial charge < -0.3 is 5.32 Å². The van der Waals surface area contributed by atoms with Crippen LogP contribution in [0.3, 0.4) is 0 Å². The molecule has 1 atom stereocenters. The van der Waals surface area contributed by atoms with Crippen molar-refractivity contribution in [3.63, 3.8) is 0 Å². The quantitative estimate of drug-likeness (QED) is 0.575. The lowest BCUT2D eigenvalue weighted by molar-refractivity contribution is 0.498. The molecule has 1 nitrogen and oxygen atoms in total. The van der Waals surface area contributed by atoms with E-state index in [0.29, 0.717) is 0 Å². The van der Waals surface area contributed by atoms with E-state index in [1.165, 1.54) is 6.07 Å². The lowest BCUT2D eigenvalue weighted by Crippen LogP contribution is -2.17. The summed E-state index contributed by atoms with van der Waals surface area (Å²) in [5, 5.41) is 3.11. The van der Waals surface area contributed by atoms with Gasteiger partial charge in [-0.15, -0.1) is 12.3 Å². The van der Waals surface area contributed by atoms with Crippen molar-refractivity contribution in [2.75, 3.05) is 7.05 Å². The van der Waals surface area contributed by atoms with E-state index < -0.39 is 0 Å². The molecule has 0 bridgehead atoms. The molecule has 1 aromatic rings. The SMILES string of the molecule is C#CCCCC(NC)c1ccccc1F. The van der Waals surface area contributed by atoms with Gasteiger partial charge in [0.1, 0.15) is 5.82 Å². The number of halogens is 1. The van der Waals surface area contributed by atoms with Crippen molar-refractivity contribution in [3.05, 3.63) is 35.6 Å². The van der Waals surface area contributed by atoms with E-state index in [4.69, 9.17) is 6.42 Å². The van der Waals surface area contributed by atoms with E-state index in [2.05, 4.69) is 11.2 Å². The molecule has 0 saturated carbocycles. The molecule has 0 aliphatic carbocycles. The predicted octanol–water partition coefficient (Wildman–Crippen LogP) is 2.89. The van der Waals surface area contributed by atoms with E-state index >= 15 is 0 Å². The molecule has 0 radical (unpaired) electrons. The van der Waals surface area contributed by atoms with Crippen molar-refractivity contribution in [2.24, 2.45) is 0 Å². The zero-order valence-corrected chi connectivity index (χ0v) is 8.96. The van der Waals surface area contributed by atoms with Crippen molar-refractivity contribution in [2.45, 2.75) is 25.3 Å². The molecule has 1 rings (SSSR count). The van der Waals surface area contributed by atoms with Gasteiger partial charge in [0, 0.05) is 18.0 Å². The molecule has 0 amide bonds. The lowest BCUT2D eigenvalue weighted by atomic mass is 10.0. The Morgan fingerprint density at radius 2 is 2.20 bits per heavy atom.